The lowest BCUT2D eigenvalue weighted by molar-refractivity contribution is 0.681. The van der Waals surface area contributed by atoms with E-state index in [9.17, 15) is 0 Å². The van der Waals surface area contributed by atoms with Crippen LogP contribution in [0.1, 0.15) is 22.7 Å². The van der Waals surface area contributed by atoms with Gasteiger partial charge in [-0.3, -0.25) is 9.97 Å². The molecule has 1 N–H and O–H groups in total. The lowest BCUT2D eigenvalue weighted by Crippen LogP contribution is -2.19. The molecule has 0 aliphatic rings. The van der Waals surface area contributed by atoms with Crippen LogP contribution in [0.4, 0.5) is 0 Å². The first-order chi connectivity index (χ1) is 8.22. The van der Waals surface area contributed by atoms with Gasteiger partial charge in [0.1, 0.15) is 0 Å². The van der Waals surface area contributed by atoms with E-state index in [4.69, 9.17) is 0 Å². The van der Waals surface area contributed by atoms with E-state index in [2.05, 4.69) is 44.2 Å². The quantitative estimate of drug-likeness (QED) is 0.945. The average molecular weight is 292 g/mol. The molecular formula is C13H14BrN3. The number of halogens is 1. The molecule has 2 rings (SSSR count). The molecule has 4 heteroatoms. The van der Waals surface area contributed by atoms with Crippen molar-refractivity contribution in [3.63, 3.8) is 0 Å². The zero-order valence-corrected chi connectivity index (χ0v) is 11.4. The number of hydrogen-bond donors (Lipinski definition) is 1. The van der Waals surface area contributed by atoms with Crippen molar-refractivity contribution in [2.45, 2.75) is 13.0 Å². The highest BCUT2D eigenvalue weighted by molar-refractivity contribution is 9.10. The van der Waals surface area contributed by atoms with Crippen molar-refractivity contribution < 1.29 is 0 Å². The van der Waals surface area contributed by atoms with Crippen molar-refractivity contribution in [1.29, 1.82) is 0 Å². The SMILES string of the molecule is CNC(c1cncc(Br)c1)c1cnccc1C. The third-order valence-electron chi connectivity index (χ3n) is 2.74. The third-order valence-corrected chi connectivity index (χ3v) is 3.17. The van der Waals surface area contributed by atoms with Crippen LogP contribution in [0, 0.1) is 6.92 Å². The summed E-state index contributed by atoms with van der Waals surface area (Å²) in [5.74, 6) is 0. The normalized spacial score (nSPS) is 12.4. The van der Waals surface area contributed by atoms with Gasteiger partial charge in [-0.1, -0.05) is 0 Å². The largest absolute Gasteiger partial charge is 0.309 e. The summed E-state index contributed by atoms with van der Waals surface area (Å²) >= 11 is 3.44. The number of aryl methyl sites for hydroxylation is 1. The van der Waals surface area contributed by atoms with Crippen molar-refractivity contribution in [2.24, 2.45) is 0 Å². The van der Waals surface area contributed by atoms with Gasteiger partial charge in [-0.05, 0) is 58.7 Å². The van der Waals surface area contributed by atoms with Crippen LogP contribution in [0.25, 0.3) is 0 Å². The Hall–Kier alpha value is -1.26. The molecule has 0 saturated carbocycles. The maximum Gasteiger partial charge on any atom is 0.0607 e. The molecule has 88 valence electrons. The van der Waals surface area contributed by atoms with Crippen molar-refractivity contribution in [2.75, 3.05) is 7.05 Å². The van der Waals surface area contributed by atoms with Crippen LogP contribution in [0.15, 0.2) is 41.4 Å². The van der Waals surface area contributed by atoms with E-state index in [0.717, 1.165) is 10.0 Å². The molecule has 3 nitrogen and oxygen atoms in total. The van der Waals surface area contributed by atoms with Gasteiger partial charge in [-0.25, -0.2) is 0 Å². The molecule has 2 heterocycles. The van der Waals surface area contributed by atoms with Gasteiger partial charge in [0.05, 0.1) is 6.04 Å². The maximum absolute atomic E-state index is 4.20. The molecular weight excluding hydrogens is 278 g/mol. The van der Waals surface area contributed by atoms with Gasteiger partial charge in [0, 0.05) is 29.3 Å². The average Bonchev–Trinajstić information content (AvgIpc) is 2.33. The molecule has 17 heavy (non-hydrogen) atoms. The fourth-order valence-corrected chi connectivity index (χ4v) is 2.25. The molecule has 0 radical (unpaired) electrons. The lowest BCUT2D eigenvalue weighted by Gasteiger charge is -2.18. The summed E-state index contributed by atoms with van der Waals surface area (Å²) in [6, 6.07) is 4.21. The first kappa shape index (κ1) is 12.2. The standard InChI is InChI=1S/C13H14BrN3/c1-9-3-4-16-8-12(9)13(15-2)10-5-11(14)7-17-6-10/h3-8,13,15H,1-2H3. The Bertz CT molecular complexity index is 514. The summed E-state index contributed by atoms with van der Waals surface area (Å²) in [5, 5.41) is 3.30. The molecule has 0 aliphatic heterocycles. The summed E-state index contributed by atoms with van der Waals surface area (Å²) in [5.41, 5.74) is 3.52. The minimum atomic E-state index is 0.119. The predicted octanol–water partition coefficient (Wildman–Crippen LogP) is 2.86. The molecule has 0 spiro atoms. The molecule has 0 aromatic carbocycles. The van der Waals surface area contributed by atoms with Crippen molar-refractivity contribution in [1.82, 2.24) is 15.3 Å². The van der Waals surface area contributed by atoms with Gasteiger partial charge in [0.15, 0.2) is 0 Å². The summed E-state index contributed by atoms with van der Waals surface area (Å²) in [6.07, 6.45) is 7.37. The molecule has 2 aromatic rings. The zero-order valence-electron chi connectivity index (χ0n) is 9.81. The molecule has 0 bridgehead atoms. The minimum Gasteiger partial charge on any atom is -0.309 e. The molecule has 0 aliphatic carbocycles. The predicted molar refractivity (Wildman–Crippen MR) is 71.8 cm³/mol. The second-order valence-electron chi connectivity index (χ2n) is 3.89. The van der Waals surface area contributed by atoms with Gasteiger partial charge in [0.25, 0.3) is 0 Å². The Morgan fingerprint density at radius 2 is 2.06 bits per heavy atom. The Kier molecular flexibility index (Phi) is 3.86. The number of rotatable bonds is 3. The van der Waals surface area contributed by atoms with E-state index < -0.39 is 0 Å². The smallest absolute Gasteiger partial charge is 0.0607 e. The third kappa shape index (κ3) is 2.70. The molecule has 2 aromatic heterocycles. The summed E-state index contributed by atoms with van der Waals surface area (Å²) in [7, 11) is 1.94. The Labute approximate surface area is 109 Å². The van der Waals surface area contributed by atoms with Crippen molar-refractivity contribution in [3.05, 3.63) is 58.1 Å². The molecule has 0 saturated heterocycles. The Morgan fingerprint density at radius 3 is 2.71 bits per heavy atom. The number of nitrogens with one attached hydrogen (secondary N) is 1. The molecule has 0 fully saturated rings. The fourth-order valence-electron chi connectivity index (χ4n) is 1.87. The second kappa shape index (κ2) is 5.38. The summed E-state index contributed by atoms with van der Waals surface area (Å²) in [4.78, 5) is 8.39. The van der Waals surface area contributed by atoms with Gasteiger partial charge in [0.2, 0.25) is 0 Å². The van der Waals surface area contributed by atoms with E-state index in [1.165, 1.54) is 11.1 Å². The van der Waals surface area contributed by atoms with Crippen LogP contribution < -0.4 is 5.32 Å². The van der Waals surface area contributed by atoms with E-state index in [0.29, 0.717) is 0 Å². The van der Waals surface area contributed by atoms with Crippen LogP contribution in [0.5, 0.6) is 0 Å². The van der Waals surface area contributed by atoms with Crippen LogP contribution in [0.3, 0.4) is 0 Å². The van der Waals surface area contributed by atoms with Crippen LogP contribution in [-0.2, 0) is 0 Å². The van der Waals surface area contributed by atoms with Gasteiger partial charge < -0.3 is 5.32 Å². The van der Waals surface area contributed by atoms with Gasteiger partial charge >= 0.3 is 0 Å². The zero-order chi connectivity index (χ0) is 12.3. The van der Waals surface area contributed by atoms with Crippen molar-refractivity contribution in [3.8, 4) is 0 Å². The molecule has 1 atom stereocenters. The number of pyridine rings is 2. The van der Waals surface area contributed by atoms with Crippen LogP contribution >= 0.6 is 15.9 Å². The second-order valence-corrected chi connectivity index (χ2v) is 4.81. The lowest BCUT2D eigenvalue weighted by atomic mass is 9.98. The van der Waals surface area contributed by atoms with E-state index in [1.807, 2.05) is 31.7 Å². The Morgan fingerprint density at radius 1 is 1.24 bits per heavy atom. The van der Waals surface area contributed by atoms with Crippen LogP contribution in [-0.4, -0.2) is 17.0 Å². The van der Waals surface area contributed by atoms with E-state index >= 15 is 0 Å². The fraction of sp³-hybridized carbons (Fsp3) is 0.231. The first-order valence-corrected chi connectivity index (χ1v) is 6.20. The number of aromatic nitrogens is 2. The topological polar surface area (TPSA) is 37.8 Å². The number of hydrogen-bond acceptors (Lipinski definition) is 3. The highest BCUT2D eigenvalue weighted by Crippen LogP contribution is 2.24. The summed E-state index contributed by atoms with van der Waals surface area (Å²) in [6.45, 7) is 2.09. The van der Waals surface area contributed by atoms with E-state index in [-0.39, 0.29) is 6.04 Å². The van der Waals surface area contributed by atoms with Crippen LogP contribution in [0.2, 0.25) is 0 Å². The first-order valence-electron chi connectivity index (χ1n) is 5.40. The minimum absolute atomic E-state index is 0.119. The monoisotopic (exact) mass is 291 g/mol. The highest BCUT2D eigenvalue weighted by Gasteiger charge is 2.14. The van der Waals surface area contributed by atoms with E-state index in [1.54, 1.807) is 6.20 Å². The van der Waals surface area contributed by atoms with Gasteiger partial charge in [-0.2, -0.15) is 0 Å². The highest BCUT2D eigenvalue weighted by atomic mass is 79.9. The maximum atomic E-state index is 4.20. The number of nitrogens with zero attached hydrogens (tertiary/aromatic N) is 2. The van der Waals surface area contributed by atoms with Gasteiger partial charge in [-0.15, -0.1) is 0 Å². The summed E-state index contributed by atoms with van der Waals surface area (Å²) < 4.78 is 0.983. The van der Waals surface area contributed by atoms with Crippen molar-refractivity contribution >= 4 is 15.9 Å². The Balaban J connectivity index is 2.44. The molecule has 0 amide bonds. The molecule has 1 unspecified atom stereocenters.